The van der Waals surface area contributed by atoms with Crippen LogP contribution in [0.15, 0.2) is 48.5 Å². The van der Waals surface area contributed by atoms with Gasteiger partial charge in [0, 0.05) is 24.5 Å². The van der Waals surface area contributed by atoms with E-state index in [-0.39, 0.29) is 18.3 Å². The van der Waals surface area contributed by atoms with E-state index in [2.05, 4.69) is 6.07 Å². The highest BCUT2D eigenvalue weighted by Crippen LogP contribution is 2.27. The molecule has 2 aromatic rings. The smallest absolute Gasteiger partial charge is 0.246 e. The van der Waals surface area contributed by atoms with Crippen molar-refractivity contribution in [3.8, 4) is 0 Å². The maximum absolute atomic E-state index is 13.4. The molecule has 2 aromatic carbocycles. The lowest BCUT2D eigenvalue weighted by atomic mass is 10.2. The van der Waals surface area contributed by atoms with Crippen LogP contribution in [0.1, 0.15) is 12.5 Å². The normalized spacial score (nSPS) is 13.1. The highest BCUT2D eigenvalue weighted by atomic mass is 19.1. The molecule has 1 amide bonds. The number of para-hydroxylation sites is 1. The molecule has 0 aliphatic carbocycles. The Labute approximate surface area is 130 Å². The highest BCUT2D eigenvalue weighted by molar-refractivity contribution is 5.98. The van der Waals surface area contributed by atoms with E-state index < -0.39 is 0 Å². The fraction of sp³-hybridized carbons (Fsp3) is 0.278. The van der Waals surface area contributed by atoms with Gasteiger partial charge in [-0.1, -0.05) is 24.3 Å². The number of halogens is 1. The Kier molecular flexibility index (Phi) is 4.09. The van der Waals surface area contributed by atoms with Crippen molar-refractivity contribution in [2.45, 2.75) is 13.3 Å². The predicted octanol–water partition coefficient (Wildman–Crippen LogP) is 3.24. The third-order valence-electron chi connectivity index (χ3n) is 4.07. The minimum absolute atomic E-state index is 0.0519. The van der Waals surface area contributed by atoms with Crippen LogP contribution in [0.5, 0.6) is 0 Å². The van der Waals surface area contributed by atoms with Gasteiger partial charge in [0.15, 0.2) is 0 Å². The fourth-order valence-corrected chi connectivity index (χ4v) is 2.90. The Morgan fingerprint density at radius 2 is 2.05 bits per heavy atom. The predicted molar refractivity (Wildman–Crippen MR) is 86.8 cm³/mol. The minimum atomic E-state index is -0.282. The van der Waals surface area contributed by atoms with Crippen LogP contribution in [0.3, 0.4) is 0 Å². The average molecular weight is 298 g/mol. The van der Waals surface area contributed by atoms with Crippen LogP contribution in [-0.4, -0.2) is 25.5 Å². The Morgan fingerprint density at radius 3 is 2.82 bits per heavy atom. The molecule has 0 saturated carbocycles. The highest BCUT2D eigenvalue weighted by Gasteiger charge is 2.25. The second-order valence-electron chi connectivity index (χ2n) is 5.42. The van der Waals surface area contributed by atoms with Gasteiger partial charge in [0.1, 0.15) is 5.82 Å². The SMILES string of the molecule is CCN(CC(=O)N1CCc2ccccc21)c1cccc(F)c1. The number of carbonyl (C=O) groups excluding carboxylic acids is 1. The summed E-state index contributed by atoms with van der Waals surface area (Å²) in [5, 5.41) is 0. The van der Waals surface area contributed by atoms with Crippen molar-refractivity contribution in [3.63, 3.8) is 0 Å². The molecule has 1 aliphatic heterocycles. The van der Waals surface area contributed by atoms with Crippen LogP contribution in [0.2, 0.25) is 0 Å². The Balaban J connectivity index is 1.76. The summed E-state index contributed by atoms with van der Waals surface area (Å²) in [6.45, 7) is 3.61. The van der Waals surface area contributed by atoms with Gasteiger partial charge >= 0.3 is 0 Å². The Morgan fingerprint density at radius 1 is 1.23 bits per heavy atom. The molecule has 0 atom stereocenters. The van der Waals surface area contributed by atoms with E-state index in [0.717, 1.165) is 24.3 Å². The lowest BCUT2D eigenvalue weighted by molar-refractivity contribution is -0.117. The number of amides is 1. The zero-order chi connectivity index (χ0) is 15.5. The van der Waals surface area contributed by atoms with Crippen LogP contribution in [-0.2, 0) is 11.2 Å². The van der Waals surface area contributed by atoms with Gasteiger partial charge < -0.3 is 9.80 Å². The van der Waals surface area contributed by atoms with Gasteiger partial charge in [-0.2, -0.15) is 0 Å². The number of nitrogens with zero attached hydrogens (tertiary/aromatic N) is 2. The molecule has 1 heterocycles. The Hall–Kier alpha value is -2.36. The summed E-state index contributed by atoms with van der Waals surface area (Å²) in [7, 11) is 0. The number of hydrogen-bond acceptors (Lipinski definition) is 2. The molecule has 0 unspecified atom stereocenters. The first-order chi connectivity index (χ1) is 10.7. The van der Waals surface area contributed by atoms with Crippen LogP contribution < -0.4 is 9.80 Å². The molecular weight excluding hydrogens is 279 g/mol. The molecule has 0 N–H and O–H groups in total. The quantitative estimate of drug-likeness (QED) is 0.865. The average Bonchev–Trinajstić information content (AvgIpc) is 2.96. The number of carbonyl (C=O) groups is 1. The molecular formula is C18H19FN2O. The van der Waals surface area contributed by atoms with Crippen LogP contribution >= 0.6 is 0 Å². The zero-order valence-corrected chi connectivity index (χ0v) is 12.6. The first kappa shape index (κ1) is 14.6. The van der Waals surface area contributed by atoms with Gasteiger partial charge in [-0.25, -0.2) is 4.39 Å². The molecule has 3 rings (SSSR count). The second kappa shape index (κ2) is 6.18. The maximum atomic E-state index is 13.4. The molecule has 0 spiro atoms. The van der Waals surface area contributed by atoms with Gasteiger partial charge in [-0.15, -0.1) is 0 Å². The maximum Gasteiger partial charge on any atom is 0.246 e. The number of likely N-dealkylation sites (N-methyl/N-ethyl adjacent to an activating group) is 1. The molecule has 0 bridgehead atoms. The fourth-order valence-electron chi connectivity index (χ4n) is 2.90. The summed E-state index contributed by atoms with van der Waals surface area (Å²) in [4.78, 5) is 16.4. The second-order valence-corrected chi connectivity index (χ2v) is 5.42. The van der Waals surface area contributed by atoms with Crippen molar-refractivity contribution >= 4 is 17.3 Å². The first-order valence-corrected chi connectivity index (χ1v) is 7.58. The molecule has 114 valence electrons. The largest absolute Gasteiger partial charge is 0.362 e. The lowest BCUT2D eigenvalue weighted by Crippen LogP contribution is -2.39. The van der Waals surface area contributed by atoms with Gasteiger partial charge in [-0.3, -0.25) is 4.79 Å². The van der Waals surface area contributed by atoms with Gasteiger partial charge in [-0.05, 0) is 43.2 Å². The van der Waals surface area contributed by atoms with E-state index >= 15 is 0 Å². The standard InChI is InChI=1S/C18H19FN2O/c1-2-20(16-8-5-7-15(19)12-16)13-18(22)21-11-10-14-6-3-4-9-17(14)21/h3-9,12H,2,10-11,13H2,1H3. The lowest BCUT2D eigenvalue weighted by Gasteiger charge is -2.26. The van der Waals surface area contributed by atoms with Gasteiger partial charge in [0.05, 0.1) is 6.54 Å². The Bertz CT molecular complexity index is 686. The van der Waals surface area contributed by atoms with Gasteiger partial charge in [0.25, 0.3) is 0 Å². The monoisotopic (exact) mass is 298 g/mol. The van der Waals surface area contributed by atoms with Gasteiger partial charge in [0.2, 0.25) is 5.91 Å². The molecule has 4 heteroatoms. The van der Waals surface area contributed by atoms with Crippen LogP contribution in [0.4, 0.5) is 15.8 Å². The third-order valence-corrected chi connectivity index (χ3v) is 4.07. The number of rotatable bonds is 4. The summed E-state index contributed by atoms with van der Waals surface area (Å²) in [5.74, 6) is -0.231. The molecule has 0 aromatic heterocycles. The van der Waals surface area contributed by atoms with Crippen LogP contribution in [0.25, 0.3) is 0 Å². The third kappa shape index (κ3) is 2.82. The number of anilines is 2. The summed E-state index contributed by atoms with van der Waals surface area (Å²) in [6.07, 6.45) is 0.897. The summed E-state index contributed by atoms with van der Waals surface area (Å²) < 4.78 is 13.4. The van der Waals surface area contributed by atoms with Crippen molar-refractivity contribution in [1.82, 2.24) is 0 Å². The van der Waals surface area contributed by atoms with Crippen molar-refractivity contribution < 1.29 is 9.18 Å². The van der Waals surface area contributed by atoms with Crippen molar-refractivity contribution in [2.75, 3.05) is 29.4 Å². The number of fused-ring (bicyclic) bond motifs is 1. The summed E-state index contributed by atoms with van der Waals surface area (Å²) in [5.41, 5.74) is 2.95. The topological polar surface area (TPSA) is 23.6 Å². The van der Waals surface area contributed by atoms with Crippen molar-refractivity contribution in [3.05, 3.63) is 59.9 Å². The molecule has 0 radical (unpaired) electrons. The van der Waals surface area contributed by atoms with Crippen molar-refractivity contribution in [1.29, 1.82) is 0 Å². The minimum Gasteiger partial charge on any atom is -0.362 e. The van der Waals surface area contributed by atoms with E-state index in [1.54, 1.807) is 6.07 Å². The molecule has 1 aliphatic rings. The van der Waals surface area contributed by atoms with Crippen molar-refractivity contribution in [2.24, 2.45) is 0 Å². The molecule has 0 saturated heterocycles. The van der Waals surface area contributed by atoms with Crippen LogP contribution in [0, 0.1) is 5.82 Å². The molecule has 22 heavy (non-hydrogen) atoms. The molecule has 0 fully saturated rings. The first-order valence-electron chi connectivity index (χ1n) is 7.58. The van der Waals surface area contributed by atoms with E-state index in [9.17, 15) is 9.18 Å². The van der Waals surface area contributed by atoms with E-state index in [1.807, 2.05) is 41.0 Å². The zero-order valence-electron chi connectivity index (χ0n) is 12.6. The summed E-state index contributed by atoms with van der Waals surface area (Å²) in [6, 6.07) is 14.4. The van der Waals surface area contributed by atoms with E-state index in [0.29, 0.717) is 6.54 Å². The van der Waals surface area contributed by atoms with E-state index in [4.69, 9.17) is 0 Å². The number of benzene rings is 2. The number of hydrogen-bond donors (Lipinski definition) is 0. The van der Waals surface area contributed by atoms with E-state index in [1.165, 1.54) is 17.7 Å². The summed E-state index contributed by atoms with van der Waals surface area (Å²) >= 11 is 0. The molecule has 3 nitrogen and oxygen atoms in total.